The van der Waals surface area contributed by atoms with E-state index in [1.54, 1.807) is 22.1 Å². The average Bonchev–Trinajstić information content (AvgIpc) is 3.39. The summed E-state index contributed by atoms with van der Waals surface area (Å²) in [4.78, 5) is 40.3. The molecule has 1 aromatic carbocycles. The summed E-state index contributed by atoms with van der Waals surface area (Å²) in [6, 6.07) is 4.54. The number of aromatic amines is 1. The van der Waals surface area contributed by atoms with Crippen molar-refractivity contribution in [1.82, 2.24) is 29.6 Å². The van der Waals surface area contributed by atoms with E-state index in [1.165, 1.54) is 0 Å². The molecule has 0 spiro atoms. The second kappa shape index (κ2) is 9.63. The smallest absolute Gasteiger partial charge is 0.381 e. The molecule has 0 radical (unpaired) electrons. The van der Waals surface area contributed by atoms with Crippen LogP contribution in [0.15, 0.2) is 35.4 Å². The average molecular weight is 542 g/mol. The van der Waals surface area contributed by atoms with Crippen LogP contribution in [-0.4, -0.2) is 74.9 Å². The molecule has 204 valence electrons. The van der Waals surface area contributed by atoms with Crippen LogP contribution in [0.3, 0.4) is 0 Å². The number of pyridine rings is 1. The van der Waals surface area contributed by atoms with Crippen LogP contribution in [0, 0.1) is 6.92 Å². The Balaban J connectivity index is 1.29. The van der Waals surface area contributed by atoms with E-state index < -0.39 is 11.9 Å². The molecule has 13 heteroatoms. The number of alkyl halides is 3. The molecule has 1 amide bonds. The number of carbonyl (C=O) groups excluding carboxylic acids is 1. The summed E-state index contributed by atoms with van der Waals surface area (Å²) < 4.78 is 46.6. The number of rotatable bonds is 3. The van der Waals surface area contributed by atoms with Crippen molar-refractivity contribution in [3.63, 3.8) is 0 Å². The van der Waals surface area contributed by atoms with Crippen molar-refractivity contribution in [3.05, 3.63) is 57.8 Å². The lowest BCUT2D eigenvalue weighted by Crippen LogP contribution is -2.49. The number of aromatic nitrogens is 5. The Kier molecular flexibility index (Phi) is 6.25. The van der Waals surface area contributed by atoms with Gasteiger partial charge in [0.1, 0.15) is 5.69 Å². The Morgan fingerprint density at radius 2 is 1.85 bits per heavy atom. The molecule has 0 atom stereocenters. The van der Waals surface area contributed by atoms with Crippen molar-refractivity contribution in [1.29, 1.82) is 0 Å². The predicted octanol–water partition coefficient (Wildman–Crippen LogP) is 3.31. The third-order valence-electron chi connectivity index (χ3n) is 7.46. The first-order valence-corrected chi connectivity index (χ1v) is 12.8. The van der Waals surface area contributed by atoms with Gasteiger partial charge in [-0.05, 0) is 43.5 Å². The lowest BCUT2D eigenvalue weighted by molar-refractivity contribution is -0.141. The molecule has 1 N–H and O–H groups in total. The highest BCUT2D eigenvalue weighted by Gasteiger charge is 2.34. The topological polar surface area (TPSA) is 109 Å². The molecule has 5 heterocycles. The molecule has 2 saturated heterocycles. The number of carbonyl (C=O) groups is 1. The third kappa shape index (κ3) is 4.60. The molecule has 2 fully saturated rings. The number of nitrogens with zero attached hydrogens (tertiary/aromatic N) is 6. The Bertz CT molecular complexity index is 1620. The molecule has 3 aromatic heterocycles. The fourth-order valence-corrected chi connectivity index (χ4v) is 5.37. The summed E-state index contributed by atoms with van der Waals surface area (Å²) >= 11 is 0. The predicted molar refractivity (Wildman–Crippen MR) is 137 cm³/mol. The van der Waals surface area contributed by atoms with E-state index in [9.17, 15) is 22.8 Å². The van der Waals surface area contributed by atoms with Crippen molar-refractivity contribution >= 4 is 33.7 Å². The third-order valence-corrected chi connectivity index (χ3v) is 7.46. The maximum Gasteiger partial charge on any atom is 0.433 e. The van der Waals surface area contributed by atoms with Crippen LogP contribution in [-0.2, 0) is 10.9 Å². The number of nitrogens with one attached hydrogen (secondary N) is 1. The minimum atomic E-state index is -4.56. The van der Waals surface area contributed by atoms with Crippen LogP contribution in [0.25, 0.3) is 21.8 Å². The zero-order chi connectivity index (χ0) is 27.3. The van der Waals surface area contributed by atoms with E-state index in [4.69, 9.17) is 4.74 Å². The van der Waals surface area contributed by atoms with Crippen LogP contribution >= 0.6 is 0 Å². The summed E-state index contributed by atoms with van der Waals surface area (Å²) in [5.74, 6) is -0.193. The molecule has 0 saturated carbocycles. The maximum absolute atomic E-state index is 13.6. The molecule has 10 nitrogen and oxygen atoms in total. The number of amides is 1. The van der Waals surface area contributed by atoms with E-state index in [1.807, 2.05) is 17.7 Å². The first-order valence-electron chi connectivity index (χ1n) is 12.8. The van der Waals surface area contributed by atoms with Crippen LogP contribution in [0.4, 0.5) is 19.1 Å². The van der Waals surface area contributed by atoms with Crippen LogP contribution in [0.5, 0.6) is 0 Å². The van der Waals surface area contributed by atoms with Gasteiger partial charge in [-0.25, -0.2) is 9.97 Å². The van der Waals surface area contributed by atoms with Gasteiger partial charge in [0, 0.05) is 56.5 Å². The summed E-state index contributed by atoms with van der Waals surface area (Å²) in [7, 11) is 0. The molecule has 0 aliphatic carbocycles. The van der Waals surface area contributed by atoms with Gasteiger partial charge in [-0.2, -0.15) is 18.3 Å². The molecule has 2 aliphatic rings. The van der Waals surface area contributed by atoms with Gasteiger partial charge in [0.2, 0.25) is 5.95 Å². The van der Waals surface area contributed by atoms with Gasteiger partial charge in [0.25, 0.3) is 11.5 Å². The molecule has 6 rings (SSSR count). The summed E-state index contributed by atoms with van der Waals surface area (Å²) in [5.41, 5.74) is 1.30. The van der Waals surface area contributed by atoms with E-state index >= 15 is 0 Å². The number of hydrogen-bond donors (Lipinski definition) is 1. The summed E-state index contributed by atoms with van der Waals surface area (Å²) in [6.45, 7) is 4.26. The number of ether oxygens (including phenoxy) is 1. The molecule has 0 unspecified atom stereocenters. The Morgan fingerprint density at radius 3 is 2.56 bits per heavy atom. The number of hydrogen-bond acceptors (Lipinski definition) is 7. The highest BCUT2D eigenvalue weighted by Crippen LogP contribution is 2.31. The van der Waals surface area contributed by atoms with Gasteiger partial charge >= 0.3 is 6.18 Å². The van der Waals surface area contributed by atoms with E-state index in [2.05, 4.69) is 20.1 Å². The highest BCUT2D eigenvalue weighted by molar-refractivity contribution is 6.07. The SMILES string of the molecule is Cc1cc2[nH]c(=O)c3cnn(C4CCOCC4)c3c2cc1C(=O)N1CCN(c2nccc(C(F)(F)F)n2)CC1. The second-order valence-electron chi connectivity index (χ2n) is 9.88. The quantitative estimate of drug-likeness (QED) is 0.424. The number of aryl methyl sites for hydroxylation is 1. The van der Waals surface area contributed by atoms with Gasteiger partial charge in [-0.15, -0.1) is 0 Å². The van der Waals surface area contributed by atoms with Crippen LogP contribution in [0.1, 0.15) is 40.5 Å². The number of fused-ring (bicyclic) bond motifs is 3. The van der Waals surface area contributed by atoms with E-state index in [-0.39, 0.29) is 23.5 Å². The monoisotopic (exact) mass is 541 g/mol. The fourth-order valence-electron chi connectivity index (χ4n) is 5.37. The molecular formula is C26H26F3N7O3. The second-order valence-corrected chi connectivity index (χ2v) is 9.88. The largest absolute Gasteiger partial charge is 0.433 e. The molecular weight excluding hydrogens is 515 g/mol. The van der Waals surface area contributed by atoms with Crippen molar-refractivity contribution in [2.24, 2.45) is 0 Å². The fraction of sp³-hybridized carbons (Fsp3) is 0.423. The number of benzene rings is 1. The number of halogens is 3. The lowest BCUT2D eigenvalue weighted by Gasteiger charge is -2.35. The van der Waals surface area contributed by atoms with Crippen molar-refractivity contribution in [2.75, 3.05) is 44.3 Å². The van der Waals surface area contributed by atoms with Gasteiger partial charge in [0.05, 0.1) is 28.7 Å². The van der Waals surface area contributed by atoms with Gasteiger partial charge < -0.3 is 19.5 Å². The first-order chi connectivity index (χ1) is 18.7. The van der Waals surface area contributed by atoms with Crippen LogP contribution < -0.4 is 10.5 Å². The zero-order valence-corrected chi connectivity index (χ0v) is 21.2. The normalized spacial score (nSPS) is 17.3. The minimum Gasteiger partial charge on any atom is -0.381 e. The lowest BCUT2D eigenvalue weighted by atomic mass is 10.0. The number of piperazine rings is 1. The van der Waals surface area contributed by atoms with Crippen molar-refractivity contribution < 1.29 is 22.7 Å². The van der Waals surface area contributed by atoms with Gasteiger partial charge in [-0.1, -0.05) is 0 Å². The minimum absolute atomic E-state index is 0.00784. The van der Waals surface area contributed by atoms with Gasteiger partial charge in [0.15, 0.2) is 0 Å². The molecule has 4 aromatic rings. The number of anilines is 1. The van der Waals surface area contributed by atoms with E-state index in [0.29, 0.717) is 66.9 Å². The first kappa shape index (κ1) is 25.3. The van der Waals surface area contributed by atoms with Crippen LogP contribution in [0.2, 0.25) is 0 Å². The zero-order valence-electron chi connectivity index (χ0n) is 21.2. The number of H-pyrrole nitrogens is 1. The molecule has 39 heavy (non-hydrogen) atoms. The summed E-state index contributed by atoms with van der Waals surface area (Å²) in [6.07, 6.45) is -0.332. The molecule has 2 aliphatic heterocycles. The maximum atomic E-state index is 13.6. The Hall–Kier alpha value is -4.00. The Labute approximate surface area is 220 Å². The molecule has 0 bridgehead atoms. The van der Waals surface area contributed by atoms with Crippen molar-refractivity contribution in [3.8, 4) is 0 Å². The highest BCUT2D eigenvalue weighted by atomic mass is 19.4. The van der Waals surface area contributed by atoms with Crippen molar-refractivity contribution in [2.45, 2.75) is 32.0 Å². The standard InChI is InChI=1S/C26H26F3N7O3/c1-15-12-20-18(22-19(23(37)32-20)14-31-36(22)16-3-10-39-11-4-16)13-17(15)24(38)34-6-8-35(9-7-34)25-30-5-2-21(33-25)26(27,28)29/h2,5,12-14,16H,3-4,6-11H2,1H3,(H,32,37). The summed E-state index contributed by atoms with van der Waals surface area (Å²) in [5, 5.41) is 5.73. The van der Waals surface area contributed by atoms with Gasteiger partial charge in [-0.3, -0.25) is 14.3 Å². The van der Waals surface area contributed by atoms with E-state index in [0.717, 1.165) is 30.5 Å². The Morgan fingerprint density at radius 1 is 1.10 bits per heavy atom.